The van der Waals surface area contributed by atoms with E-state index in [-0.39, 0.29) is 6.42 Å². The molecule has 22 heavy (non-hydrogen) atoms. The zero-order valence-corrected chi connectivity index (χ0v) is 13.9. The summed E-state index contributed by atoms with van der Waals surface area (Å²) in [5, 5.41) is 27.9. The van der Waals surface area contributed by atoms with Crippen molar-refractivity contribution in [3.8, 4) is 0 Å². The highest BCUT2D eigenvalue weighted by molar-refractivity contribution is 5.66. The molecule has 0 spiro atoms. The normalized spacial score (nSPS) is 12.6. The number of aliphatic hydroxyl groups excluding tert-OH is 2. The van der Waals surface area contributed by atoms with Gasteiger partial charge in [-0.2, -0.15) is 0 Å². The molecule has 4 nitrogen and oxygen atoms in total. The highest BCUT2D eigenvalue weighted by Gasteiger charge is 1.97. The summed E-state index contributed by atoms with van der Waals surface area (Å²) < 4.78 is 0. The quantitative estimate of drug-likeness (QED) is 0.286. The molecule has 4 heteroatoms. The Balaban J connectivity index is 3.59. The summed E-state index contributed by atoms with van der Waals surface area (Å²) in [6.45, 7) is 2.13. The molecule has 0 bridgehead atoms. The second-order valence-corrected chi connectivity index (χ2v) is 5.75. The molecular formula is C18H32O4. The first-order valence-electron chi connectivity index (χ1n) is 8.54. The SMILES string of the molecule is CCCCC/C(O)=C\C/C(O)=C\CCCCCCCC(=O)O. The Morgan fingerprint density at radius 2 is 1.41 bits per heavy atom. The monoisotopic (exact) mass is 312 g/mol. The fraction of sp³-hybridized carbons (Fsp3) is 0.722. The Bertz CT molecular complexity index is 345. The van der Waals surface area contributed by atoms with Crippen LogP contribution >= 0.6 is 0 Å². The standard InChI is InChI=1S/C18H32O4/c1-2-3-8-11-16(19)14-15-17(20)12-9-6-4-5-7-10-13-18(21)22/h12,14,19-20H,2-11,13,15H2,1H3,(H,21,22)/b16-14+,17-12+. The van der Waals surface area contributed by atoms with Gasteiger partial charge in [-0.3, -0.25) is 4.79 Å². The predicted octanol–water partition coefficient (Wildman–Crippen LogP) is 5.66. The number of carboxylic acids is 1. The zero-order chi connectivity index (χ0) is 16.6. The van der Waals surface area contributed by atoms with Crippen LogP contribution in [0.1, 0.15) is 84.0 Å². The van der Waals surface area contributed by atoms with Crippen LogP contribution in [0.2, 0.25) is 0 Å². The third-order valence-corrected chi connectivity index (χ3v) is 3.56. The summed E-state index contributed by atoms with van der Waals surface area (Å²) >= 11 is 0. The van der Waals surface area contributed by atoms with Gasteiger partial charge >= 0.3 is 5.97 Å². The number of hydrogen-bond donors (Lipinski definition) is 3. The van der Waals surface area contributed by atoms with Crippen molar-refractivity contribution in [2.75, 3.05) is 0 Å². The zero-order valence-electron chi connectivity index (χ0n) is 13.9. The minimum Gasteiger partial charge on any atom is -0.513 e. The van der Waals surface area contributed by atoms with Gasteiger partial charge in [0.15, 0.2) is 0 Å². The van der Waals surface area contributed by atoms with Gasteiger partial charge in [0.2, 0.25) is 0 Å². The maximum Gasteiger partial charge on any atom is 0.303 e. The van der Waals surface area contributed by atoms with E-state index in [2.05, 4.69) is 6.92 Å². The lowest BCUT2D eigenvalue weighted by Crippen LogP contribution is -1.93. The van der Waals surface area contributed by atoms with Crippen LogP contribution in [-0.4, -0.2) is 21.3 Å². The number of aliphatic carboxylic acids is 1. The molecule has 0 aromatic rings. The molecule has 3 N–H and O–H groups in total. The Kier molecular flexibility index (Phi) is 13.5. The van der Waals surface area contributed by atoms with Crippen LogP contribution in [0.25, 0.3) is 0 Å². The summed E-state index contributed by atoms with van der Waals surface area (Å²) in [6.07, 6.45) is 13.7. The number of carboxylic acid groups (broad SMARTS) is 1. The molecule has 0 saturated heterocycles. The van der Waals surface area contributed by atoms with Crippen molar-refractivity contribution in [1.82, 2.24) is 0 Å². The summed E-state index contributed by atoms with van der Waals surface area (Å²) in [5.74, 6) is -0.0430. The molecule has 0 radical (unpaired) electrons. The Morgan fingerprint density at radius 1 is 0.773 bits per heavy atom. The summed E-state index contributed by atoms with van der Waals surface area (Å²) in [5.41, 5.74) is 0. The summed E-state index contributed by atoms with van der Waals surface area (Å²) in [6, 6.07) is 0. The van der Waals surface area contributed by atoms with E-state index in [1.165, 1.54) is 0 Å². The van der Waals surface area contributed by atoms with Gasteiger partial charge in [0.25, 0.3) is 0 Å². The molecule has 0 saturated carbocycles. The minimum absolute atomic E-state index is 0.259. The molecule has 0 aliphatic heterocycles. The number of rotatable bonds is 14. The predicted molar refractivity (Wildman–Crippen MR) is 90.1 cm³/mol. The van der Waals surface area contributed by atoms with E-state index in [1.807, 2.05) is 6.08 Å². The average Bonchev–Trinajstić information content (AvgIpc) is 2.47. The Morgan fingerprint density at radius 3 is 2.09 bits per heavy atom. The first-order valence-corrected chi connectivity index (χ1v) is 8.54. The van der Waals surface area contributed by atoms with Crippen LogP contribution in [0, 0.1) is 0 Å². The average molecular weight is 312 g/mol. The smallest absolute Gasteiger partial charge is 0.303 e. The van der Waals surface area contributed by atoms with Crippen LogP contribution in [0.4, 0.5) is 0 Å². The van der Waals surface area contributed by atoms with E-state index >= 15 is 0 Å². The summed E-state index contributed by atoms with van der Waals surface area (Å²) in [7, 11) is 0. The van der Waals surface area contributed by atoms with Gasteiger partial charge in [0.1, 0.15) is 0 Å². The number of hydrogen-bond acceptors (Lipinski definition) is 3. The van der Waals surface area contributed by atoms with Crippen molar-refractivity contribution in [2.24, 2.45) is 0 Å². The van der Waals surface area contributed by atoms with Crippen LogP contribution in [0.5, 0.6) is 0 Å². The van der Waals surface area contributed by atoms with E-state index < -0.39 is 5.97 Å². The summed E-state index contributed by atoms with van der Waals surface area (Å²) in [4.78, 5) is 10.3. The van der Waals surface area contributed by atoms with Gasteiger partial charge in [0.05, 0.1) is 11.5 Å². The van der Waals surface area contributed by atoms with E-state index in [9.17, 15) is 15.0 Å². The lowest BCUT2D eigenvalue weighted by atomic mass is 10.1. The lowest BCUT2D eigenvalue weighted by molar-refractivity contribution is -0.137. The van der Waals surface area contributed by atoms with Crippen molar-refractivity contribution in [3.63, 3.8) is 0 Å². The van der Waals surface area contributed by atoms with Gasteiger partial charge in [-0.15, -0.1) is 0 Å². The van der Waals surface area contributed by atoms with Gasteiger partial charge < -0.3 is 15.3 Å². The molecule has 0 fully saturated rings. The minimum atomic E-state index is -0.723. The third-order valence-electron chi connectivity index (χ3n) is 3.56. The second-order valence-electron chi connectivity index (χ2n) is 5.75. The van der Waals surface area contributed by atoms with Crippen molar-refractivity contribution in [2.45, 2.75) is 84.0 Å². The van der Waals surface area contributed by atoms with Crippen molar-refractivity contribution in [1.29, 1.82) is 0 Å². The molecule has 0 aliphatic rings. The molecule has 0 atom stereocenters. The maximum atomic E-state index is 10.3. The fourth-order valence-corrected chi connectivity index (χ4v) is 2.18. The maximum absolute atomic E-state index is 10.3. The first kappa shape index (κ1) is 20.6. The van der Waals surface area contributed by atoms with Gasteiger partial charge in [-0.05, 0) is 37.8 Å². The lowest BCUT2D eigenvalue weighted by Gasteiger charge is -2.01. The largest absolute Gasteiger partial charge is 0.513 e. The number of unbranched alkanes of at least 4 members (excludes halogenated alkanes) is 7. The Hall–Kier alpha value is -1.45. The van der Waals surface area contributed by atoms with E-state index in [0.717, 1.165) is 57.8 Å². The van der Waals surface area contributed by atoms with E-state index in [1.54, 1.807) is 6.08 Å². The molecule has 0 amide bonds. The highest BCUT2D eigenvalue weighted by atomic mass is 16.4. The van der Waals surface area contributed by atoms with E-state index in [4.69, 9.17) is 5.11 Å². The molecule has 0 aromatic heterocycles. The van der Waals surface area contributed by atoms with Gasteiger partial charge in [0, 0.05) is 19.3 Å². The molecule has 0 aromatic carbocycles. The second kappa shape index (κ2) is 14.5. The van der Waals surface area contributed by atoms with Crippen molar-refractivity contribution in [3.05, 3.63) is 23.7 Å². The molecule has 0 aliphatic carbocycles. The molecule has 128 valence electrons. The van der Waals surface area contributed by atoms with Gasteiger partial charge in [-0.1, -0.05) is 39.0 Å². The highest BCUT2D eigenvalue weighted by Crippen LogP contribution is 2.11. The number of carbonyl (C=O) groups is 1. The van der Waals surface area contributed by atoms with Crippen molar-refractivity contribution < 1.29 is 20.1 Å². The third kappa shape index (κ3) is 14.9. The van der Waals surface area contributed by atoms with Crippen molar-refractivity contribution >= 4 is 5.97 Å². The fourth-order valence-electron chi connectivity index (χ4n) is 2.18. The van der Waals surface area contributed by atoms with Crippen LogP contribution in [0.15, 0.2) is 23.7 Å². The molecule has 0 unspecified atom stereocenters. The van der Waals surface area contributed by atoms with E-state index in [0.29, 0.717) is 24.4 Å². The molecule has 0 rings (SSSR count). The van der Waals surface area contributed by atoms with Gasteiger partial charge in [-0.25, -0.2) is 0 Å². The first-order chi connectivity index (χ1) is 10.6. The van der Waals surface area contributed by atoms with Crippen LogP contribution in [-0.2, 0) is 4.79 Å². The van der Waals surface area contributed by atoms with Crippen LogP contribution in [0.3, 0.4) is 0 Å². The topological polar surface area (TPSA) is 77.8 Å². The molecular weight excluding hydrogens is 280 g/mol. The Labute approximate surface area is 134 Å². The van der Waals surface area contributed by atoms with Crippen LogP contribution < -0.4 is 0 Å². The molecule has 0 heterocycles. The number of aliphatic hydroxyl groups is 2. The number of allylic oxidation sites excluding steroid dienone is 3.